The molecule has 2 aromatic carbocycles. The van der Waals surface area contributed by atoms with Gasteiger partial charge in [0.15, 0.2) is 5.43 Å². The molecule has 0 unspecified atom stereocenters. The van der Waals surface area contributed by atoms with Crippen LogP contribution in [0.2, 0.25) is 0 Å². The lowest BCUT2D eigenvalue weighted by molar-refractivity contribution is 0.0695. The summed E-state index contributed by atoms with van der Waals surface area (Å²) in [5.41, 5.74) is 0.322. The zero-order valence-electron chi connectivity index (χ0n) is 19.1. The predicted octanol–water partition coefficient (Wildman–Crippen LogP) is 2.98. The molecule has 1 saturated heterocycles. The molecule has 0 atom stereocenters. The number of aromatic nitrogens is 2. The lowest BCUT2D eigenvalue weighted by Gasteiger charge is -2.36. The molecular formula is C26H22F2N4O4. The molecule has 3 heterocycles. The first-order valence-electron chi connectivity index (χ1n) is 11.3. The highest BCUT2D eigenvalue weighted by molar-refractivity contribution is 5.94. The van der Waals surface area contributed by atoms with Crippen molar-refractivity contribution >= 4 is 22.6 Å². The Kier molecular flexibility index (Phi) is 6.11. The van der Waals surface area contributed by atoms with E-state index in [1.54, 1.807) is 12.4 Å². The van der Waals surface area contributed by atoms with Crippen molar-refractivity contribution in [3.8, 4) is 5.69 Å². The summed E-state index contributed by atoms with van der Waals surface area (Å²) in [6, 6.07) is 9.43. The average Bonchev–Trinajstić information content (AvgIpc) is 2.87. The number of nitrogens with zero attached hydrogens (tertiary/aromatic N) is 3. The molecular weight excluding hydrogens is 470 g/mol. The summed E-state index contributed by atoms with van der Waals surface area (Å²) in [6.45, 7) is 2.64. The third-order valence-electron chi connectivity index (χ3n) is 6.42. The van der Waals surface area contributed by atoms with Crippen LogP contribution in [-0.2, 0) is 6.54 Å². The van der Waals surface area contributed by atoms with Gasteiger partial charge in [-0.15, -0.1) is 0 Å². The third kappa shape index (κ3) is 4.38. The Hall–Kier alpha value is -4.31. The molecule has 0 aliphatic carbocycles. The van der Waals surface area contributed by atoms with E-state index in [0.29, 0.717) is 49.5 Å². The Bertz CT molecular complexity index is 1570. The number of pyridine rings is 2. The van der Waals surface area contributed by atoms with Gasteiger partial charge in [-0.25, -0.2) is 13.6 Å². The number of aromatic amines is 1. The summed E-state index contributed by atoms with van der Waals surface area (Å²) in [5.74, 6) is -2.54. The number of aromatic carboxylic acids is 1. The number of anilines is 1. The quantitative estimate of drug-likeness (QED) is 0.445. The van der Waals surface area contributed by atoms with E-state index in [-0.39, 0.29) is 16.5 Å². The summed E-state index contributed by atoms with van der Waals surface area (Å²) in [7, 11) is 0. The molecule has 0 bridgehead atoms. The fourth-order valence-electron chi connectivity index (χ4n) is 4.51. The number of halogens is 2. The molecule has 0 spiro atoms. The van der Waals surface area contributed by atoms with Gasteiger partial charge in [-0.1, -0.05) is 0 Å². The van der Waals surface area contributed by atoms with Crippen LogP contribution in [0.3, 0.4) is 0 Å². The number of benzene rings is 2. The predicted molar refractivity (Wildman–Crippen MR) is 131 cm³/mol. The van der Waals surface area contributed by atoms with Crippen molar-refractivity contribution in [1.82, 2.24) is 14.5 Å². The maximum atomic E-state index is 15.3. The molecule has 5 rings (SSSR count). The van der Waals surface area contributed by atoms with E-state index < -0.39 is 28.6 Å². The van der Waals surface area contributed by atoms with Gasteiger partial charge >= 0.3 is 5.97 Å². The number of piperazine rings is 1. The molecule has 0 radical (unpaired) electrons. The van der Waals surface area contributed by atoms with Crippen LogP contribution in [0.4, 0.5) is 14.5 Å². The summed E-state index contributed by atoms with van der Waals surface area (Å²) < 4.78 is 30.2. The monoisotopic (exact) mass is 492 g/mol. The standard InChI is InChI=1S/C26H22F2N4O4/c27-17-1-3-18(4-2-17)32-15-20(26(35)36)25(34)19-11-21(28)23(12-22(19)32)31-9-7-30(8-10-31)14-16-13-29-6-5-24(16)33/h1-6,11-13,15H,7-10,14H2,(H,29,33)(H,35,36). The van der Waals surface area contributed by atoms with Crippen LogP contribution in [-0.4, -0.2) is 51.7 Å². The van der Waals surface area contributed by atoms with Crippen molar-refractivity contribution < 1.29 is 18.7 Å². The number of carboxylic acid groups (broad SMARTS) is 1. The molecule has 2 N–H and O–H groups in total. The second-order valence-corrected chi connectivity index (χ2v) is 8.64. The van der Waals surface area contributed by atoms with E-state index in [0.717, 1.165) is 6.07 Å². The van der Waals surface area contributed by atoms with Crippen LogP contribution in [0.1, 0.15) is 15.9 Å². The number of rotatable bonds is 5. The van der Waals surface area contributed by atoms with E-state index in [9.17, 15) is 23.9 Å². The summed E-state index contributed by atoms with van der Waals surface area (Å²) >= 11 is 0. The maximum absolute atomic E-state index is 15.3. The zero-order valence-corrected chi connectivity index (χ0v) is 19.1. The number of fused-ring (bicyclic) bond motifs is 1. The molecule has 0 saturated carbocycles. The first-order valence-corrected chi connectivity index (χ1v) is 11.3. The second-order valence-electron chi connectivity index (χ2n) is 8.64. The van der Waals surface area contributed by atoms with Gasteiger partial charge in [0, 0.05) is 74.0 Å². The Morgan fingerprint density at radius 1 is 1.00 bits per heavy atom. The van der Waals surface area contributed by atoms with E-state index in [2.05, 4.69) is 9.88 Å². The van der Waals surface area contributed by atoms with Crippen molar-refractivity contribution in [3.63, 3.8) is 0 Å². The highest BCUT2D eigenvalue weighted by Crippen LogP contribution is 2.28. The van der Waals surface area contributed by atoms with Crippen LogP contribution in [0.15, 0.2) is 70.6 Å². The van der Waals surface area contributed by atoms with Crippen molar-refractivity contribution in [2.24, 2.45) is 0 Å². The summed E-state index contributed by atoms with van der Waals surface area (Å²) in [5, 5.41) is 9.43. The van der Waals surface area contributed by atoms with Crippen molar-refractivity contribution in [3.05, 3.63) is 104 Å². The van der Waals surface area contributed by atoms with E-state index in [4.69, 9.17) is 0 Å². The van der Waals surface area contributed by atoms with Crippen molar-refractivity contribution in [2.75, 3.05) is 31.1 Å². The normalized spacial score (nSPS) is 14.3. The van der Waals surface area contributed by atoms with E-state index in [1.807, 2.05) is 4.90 Å². The molecule has 1 aliphatic heterocycles. The van der Waals surface area contributed by atoms with Gasteiger partial charge in [0.05, 0.1) is 11.2 Å². The maximum Gasteiger partial charge on any atom is 0.341 e. The smallest absolute Gasteiger partial charge is 0.341 e. The van der Waals surface area contributed by atoms with Gasteiger partial charge in [0.25, 0.3) is 0 Å². The molecule has 36 heavy (non-hydrogen) atoms. The Balaban J connectivity index is 1.51. The number of carbonyl (C=O) groups is 1. The molecule has 1 aliphatic rings. The minimum atomic E-state index is -1.43. The van der Waals surface area contributed by atoms with E-state index >= 15 is 4.39 Å². The SMILES string of the molecule is O=C(O)c1cn(-c2ccc(F)cc2)c2cc(N3CCN(Cc4c[nH]ccc4=O)CC3)c(F)cc2c1=O. The zero-order chi connectivity index (χ0) is 25.4. The Morgan fingerprint density at radius 3 is 2.39 bits per heavy atom. The first kappa shape index (κ1) is 23.4. The third-order valence-corrected chi connectivity index (χ3v) is 6.42. The molecule has 10 heteroatoms. The van der Waals surface area contributed by atoms with Gasteiger partial charge in [-0.3, -0.25) is 14.5 Å². The molecule has 8 nitrogen and oxygen atoms in total. The van der Waals surface area contributed by atoms with E-state index in [1.165, 1.54) is 47.2 Å². The molecule has 2 aromatic heterocycles. The van der Waals surface area contributed by atoms with Gasteiger partial charge < -0.3 is 19.6 Å². The number of hydrogen-bond acceptors (Lipinski definition) is 5. The van der Waals surface area contributed by atoms with Gasteiger partial charge in [0.2, 0.25) is 5.43 Å². The summed E-state index contributed by atoms with van der Waals surface area (Å²) in [4.78, 5) is 43.4. The minimum absolute atomic E-state index is 0.0451. The number of carboxylic acids is 1. The van der Waals surface area contributed by atoms with Crippen LogP contribution < -0.4 is 15.8 Å². The Labute approximate surface area is 203 Å². The minimum Gasteiger partial charge on any atom is -0.477 e. The van der Waals surface area contributed by atoms with Gasteiger partial charge in [-0.2, -0.15) is 0 Å². The highest BCUT2D eigenvalue weighted by Gasteiger charge is 2.23. The molecule has 1 fully saturated rings. The lowest BCUT2D eigenvalue weighted by Crippen LogP contribution is -2.46. The van der Waals surface area contributed by atoms with Crippen LogP contribution in [0.25, 0.3) is 16.6 Å². The van der Waals surface area contributed by atoms with Gasteiger partial charge in [0.1, 0.15) is 17.2 Å². The Morgan fingerprint density at radius 2 is 1.72 bits per heavy atom. The van der Waals surface area contributed by atoms with Crippen molar-refractivity contribution in [1.29, 1.82) is 0 Å². The first-order chi connectivity index (χ1) is 17.3. The number of nitrogens with one attached hydrogen (secondary N) is 1. The number of H-pyrrole nitrogens is 1. The van der Waals surface area contributed by atoms with Gasteiger partial charge in [-0.05, 0) is 36.4 Å². The molecule has 184 valence electrons. The lowest BCUT2D eigenvalue weighted by atomic mass is 10.1. The fourth-order valence-corrected chi connectivity index (χ4v) is 4.51. The fraction of sp³-hybridized carbons (Fsp3) is 0.192. The van der Waals surface area contributed by atoms with Crippen LogP contribution in [0.5, 0.6) is 0 Å². The summed E-state index contributed by atoms with van der Waals surface area (Å²) in [6.07, 6.45) is 4.44. The molecule has 0 amide bonds. The van der Waals surface area contributed by atoms with Crippen LogP contribution >= 0.6 is 0 Å². The number of hydrogen-bond donors (Lipinski definition) is 2. The average molecular weight is 492 g/mol. The van der Waals surface area contributed by atoms with Crippen LogP contribution in [0, 0.1) is 11.6 Å². The van der Waals surface area contributed by atoms with Crippen molar-refractivity contribution in [2.45, 2.75) is 6.54 Å². The highest BCUT2D eigenvalue weighted by atomic mass is 19.1. The molecule has 4 aromatic rings. The topological polar surface area (TPSA) is 98.6 Å². The largest absolute Gasteiger partial charge is 0.477 e. The second kappa shape index (κ2) is 9.38.